The van der Waals surface area contributed by atoms with Crippen molar-refractivity contribution < 1.29 is 9.53 Å². The van der Waals surface area contributed by atoms with Gasteiger partial charge in [-0.25, -0.2) is 5.01 Å². The van der Waals surface area contributed by atoms with Crippen LogP contribution in [0, 0.1) is 12.8 Å². The maximum Gasteiger partial charge on any atom is 0.267 e. The highest BCUT2D eigenvalue weighted by molar-refractivity contribution is 6.31. The van der Waals surface area contributed by atoms with Crippen LogP contribution in [0.2, 0.25) is 5.02 Å². The highest BCUT2D eigenvalue weighted by Crippen LogP contribution is 2.37. The van der Waals surface area contributed by atoms with Gasteiger partial charge in [0.25, 0.3) is 5.91 Å². The zero-order valence-corrected chi connectivity index (χ0v) is 19.5. The van der Waals surface area contributed by atoms with Crippen molar-refractivity contribution in [3.63, 3.8) is 0 Å². The highest BCUT2D eigenvalue weighted by atomic mass is 35.5. The Balaban J connectivity index is 1.70. The van der Waals surface area contributed by atoms with E-state index in [2.05, 4.69) is 21.9 Å². The van der Waals surface area contributed by atoms with Crippen LogP contribution in [-0.4, -0.2) is 35.7 Å². The number of hydrogen-bond donors (Lipinski definition) is 1. The number of aromatic nitrogens is 1. The van der Waals surface area contributed by atoms with Crippen molar-refractivity contribution in [3.8, 4) is 17.0 Å². The standard InChI is InChI=1S/C25H34ClN3O2/c1-18-21(25(30)27-28-13-7-4-8-14-28)16-23(22-15-20(26)11-12-24(22)31-2)29(18)17-19-9-5-3-6-10-19/h11-12,15-16,19H,3-10,13-14,17H2,1-2H3,(H,27,30). The number of methoxy groups -OCH3 is 1. The summed E-state index contributed by atoms with van der Waals surface area (Å²) in [7, 11) is 1.68. The van der Waals surface area contributed by atoms with Crippen molar-refractivity contribution in [2.75, 3.05) is 20.2 Å². The predicted octanol–water partition coefficient (Wildman–Crippen LogP) is 5.84. The molecule has 1 aliphatic carbocycles. The Hall–Kier alpha value is -1.98. The molecule has 2 fully saturated rings. The molecule has 2 aliphatic rings. The van der Waals surface area contributed by atoms with Crippen LogP contribution in [-0.2, 0) is 6.54 Å². The van der Waals surface area contributed by atoms with E-state index in [0.29, 0.717) is 10.9 Å². The molecule has 0 bridgehead atoms. The molecule has 0 unspecified atom stereocenters. The lowest BCUT2D eigenvalue weighted by molar-refractivity contribution is 0.0749. The third-order valence-electron chi connectivity index (χ3n) is 6.83. The SMILES string of the molecule is COc1ccc(Cl)cc1-c1cc(C(=O)NN2CCCCC2)c(C)n1CC1CCCCC1. The van der Waals surface area contributed by atoms with Crippen molar-refractivity contribution in [1.82, 2.24) is 15.0 Å². The van der Waals surface area contributed by atoms with Gasteiger partial charge in [0.15, 0.2) is 0 Å². The van der Waals surface area contributed by atoms with Gasteiger partial charge in [-0.05, 0) is 62.8 Å². The third-order valence-corrected chi connectivity index (χ3v) is 7.06. The molecule has 0 atom stereocenters. The largest absolute Gasteiger partial charge is 0.496 e. The van der Waals surface area contributed by atoms with Crippen molar-refractivity contribution in [2.45, 2.75) is 64.8 Å². The lowest BCUT2D eigenvalue weighted by atomic mass is 9.89. The molecule has 1 N–H and O–H groups in total. The monoisotopic (exact) mass is 443 g/mol. The van der Waals surface area contributed by atoms with Crippen molar-refractivity contribution in [2.24, 2.45) is 5.92 Å². The first kappa shape index (κ1) is 22.2. The Morgan fingerprint density at radius 3 is 2.52 bits per heavy atom. The van der Waals surface area contributed by atoms with Crippen LogP contribution in [0.1, 0.15) is 67.4 Å². The number of rotatable bonds is 6. The Morgan fingerprint density at radius 1 is 1.10 bits per heavy atom. The summed E-state index contributed by atoms with van der Waals surface area (Å²) in [5.74, 6) is 1.39. The van der Waals surface area contributed by atoms with E-state index in [1.54, 1.807) is 7.11 Å². The predicted molar refractivity (Wildman–Crippen MR) is 126 cm³/mol. The van der Waals surface area contributed by atoms with Gasteiger partial charge < -0.3 is 9.30 Å². The van der Waals surface area contributed by atoms with Gasteiger partial charge >= 0.3 is 0 Å². The first-order valence-corrected chi connectivity index (χ1v) is 12.0. The number of carbonyl (C=O) groups excluding carboxylic acids is 1. The van der Waals surface area contributed by atoms with Crippen LogP contribution in [0.4, 0.5) is 0 Å². The van der Waals surface area contributed by atoms with Crippen LogP contribution in [0.25, 0.3) is 11.3 Å². The summed E-state index contributed by atoms with van der Waals surface area (Å²) in [6.07, 6.45) is 9.92. The fraction of sp³-hybridized carbons (Fsp3) is 0.560. The number of carbonyl (C=O) groups is 1. The van der Waals surface area contributed by atoms with Crippen LogP contribution >= 0.6 is 11.6 Å². The maximum atomic E-state index is 13.2. The van der Waals surface area contributed by atoms with Gasteiger partial charge in [-0.2, -0.15) is 0 Å². The summed E-state index contributed by atoms with van der Waals surface area (Å²) in [6.45, 7) is 4.83. The lowest BCUT2D eigenvalue weighted by Gasteiger charge is -2.27. The number of hydrazine groups is 1. The molecule has 0 spiro atoms. The van der Waals surface area contributed by atoms with Crippen LogP contribution in [0.3, 0.4) is 0 Å². The normalized spacial score (nSPS) is 18.2. The minimum atomic E-state index is -0.0240. The van der Waals surface area contributed by atoms with Crippen molar-refractivity contribution in [1.29, 1.82) is 0 Å². The summed E-state index contributed by atoms with van der Waals surface area (Å²) in [4.78, 5) is 13.2. The molecule has 168 valence electrons. The van der Waals surface area contributed by atoms with Crippen LogP contribution in [0.5, 0.6) is 5.75 Å². The second kappa shape index (κ2) is 10.1. The molecular weight excluding hydrogens is 410 g/mol. The Labute approximate surface area is 190 Å². The van der Waals surface area contributed by atoms with E-state index >= 15 is 0 Å². The summed E-state index contributed by atoms with van der Waals surface area (Å²) in [6, 6.07) is 7.71. The fourth-order valence-corrected chi connectivity index (χ4v) is 5.22. The number of ether oxygens (including phenoxy) is 1. The number of halogens is 1. The molecule has 1 amide bonds. The first-order valence-electron chi connectivity index (χ1n) is 11.7. The van der Waals surface area contributed by atoms with Gasteiger partial charge in [-0.3, -0.25) is 10.2 Å². The third kappa shape index (κ3) is 5.09. The van der Waals surface area contributed by atoms with Crippen molar-refractivity contribution in [3.05, 3.63) is 40.5 Å². The number of piperidine rings is 1. The number of amides is 1. The lowest BCUT2D eigenvalue weighted by Crippen LogP contribution is -2.45. The molecule has 4 rings (SSSR count). The summed E-state index contributed by atoms with van der Waals surface area (Å²) in [5.41, 5.74) is 6.82. The van der Waals surface area contributed by atoms with E-state index in [9.17, 15) is 4.79 Å². The molecule has 1 aliphatic heterocycles. The van der Waals surface area contributed by atoms with Gasteiger partial charge in [0, 0.05) is 35.9 Å². The van der Waals surface area contributed by atoms with Gasteiger partial charge in [0.2, 0.25) is 0 Å². The first-order chi connectivity index (χ1) is 15.1. The average Bonchev–Trinajstić information content (AvgIpc) is 3.11. The number of nitrogens with one attached hydrogen (secondary N) is 1. The minimum absolute atomic E-state index is 0.0240. The van der Waals surface area contributed by atoms with Crippen LogP contribution in [0.15, 0.2) is 24.3 Å². The Morgan fingerprint density at radius 2 is 1.81 bits per heavy atom. The van der Waals surface area contributed by atoms with E-state index < -0.39 is 0 Å². The molecule has 31 heavy (non-hydrogen) atoms. The minimum Gasteiger partial charge on any atom is -0.496 e. The van der Waals surface area contributed by atoms with E-state index in [1.165, 1.54) is 38.5 Å². The average molecular weight is 444 g/mol. The zero-order valence-electron chi connectivity index (χ0n) is 18.8. The van der Waals surface area contributed by atoms with E-state index in [1.807, 2.05) is 24.3 Å². The Kier molecular flexibility index (Phi) is 7.24. The van der Waals surface area contributed by atoms with Crippen molar-refractivity contribution >= 4 is 17.5 Å². The highest BCUT2D eigenvalue weighted by Gasteiger charge is 2.24. The fourth-order valence-electron chi connectivity index (χ4n) is 5.05. The number of nitrogens with zero attached hydrogens (tertiary/aromatic N) is 2. The van der Waals surface area contributed by atoms with Gasteiger partial charge in [0.1, 0.15) is 5.75 Å². The van der Waals surface area contributed by atoms with Crippen LogP contribution < -0.4 is 10.2 Å². The second-order valence-electron chi connectivity index (χ2n) is 8.98. The molecule has 2 heterocycles. The molecule has 2 aromatic rings. The molecule has 5 nitrogen and oxygen atoms in total. The molecule has 6 heteroatoms. The summed E-state index contributed by atoms with van der Waals surface area (Å²) in [5, 5.41) is 2.72. The molecule has 1 saturated heterocycles. The van der Waals surface area contributed by atoms with Gasteiger partial charge in [-0.15, -0.1) is 0 Å². The molecule has 1 saturated carbocycles. The Bertz CT molecular complexity index is 912. The second-order valence-corrected chi connectivity index (χ2v) is 9.41. The molecule has 1 aromatic carbocycles. The molecule has 0 radical (unpaired) electrons. The smallest absolute Gasteiger partial charge is 0.267 e. The zero-order chi connectivity index (χ0) is 21.8. The van der Waals surface area contributed by atoms with E-state index in [4.69, 9.17) is 16.3 Å². The maximum absolute atomic E-state index is 13.2. The van der Waals surface area contributed by atoms with Gasteiger partial charge in [-0.1, -0.05) is 37.3 Å². The molecule has 1 aromatic heterocycles. The quantitative estimate of drug-likeness (QED) is 0.610. The van der Waals surface area contributed by atoms with Gasteiger partial charge in [0.05, 0.1) is 18.4 Å². The number of hydrogen-bond acceptors (Lipinski definition) is 3. The number of benzene rings is 1. The van der Waals surface area contributed by atoms with E-state index in [-0.39, 0.29) is 5.91 Å². The van der Waals surface area contributed by atoms with E-state index in [0.717, 1.165) is 60.7 Å². The summed E-state index contributed by atoms with van der Waals surface area (Å²) < 4.78 is 7.96. The molecular formula is C25H34ClN3O2. The summed E-state index contributed by atoms with van der Waals surface area (Å²) >= 11 is 6.36. The topological polar surface area (TPSA) is 46.5 Å².